The maximum absolute atomic E-state index is 13.5. The van der Waals surface area contributed by atoms with Gasteiger partial charge in [-0.2, -0.15) is 18.4 Å². The normalized spacial score (nSPS) is 16.1. The summed E-state index contributed by atoms with van der Waals surface area (Å²) < 4.78 is 61.4. The highest BCUT2D eigenvalue weighted by Crippen LogP contribution is 2.49. The Hall–Kier alpha value is -3.55. The number of benzene rings is 1. The second-order valence-corrected chi connectivity index (χ2v) is 5.70. The Balaban J connectivity index is 2.32. The van der Waals surface area contributed by atoms with Crippen LogP contribution in [-0.4, -0.2) is 31.5 Å². The Kier molecular flexibility index (Phi) is 4.72. The summed E-state index contributed by atoms with van der Waals surface area (Å²) in [5, 5.41) is 15.0. The number of fused-ring (bicyclic) bond motifs is 1. The van der Waals surface area contributed by atoms with Gasteiger partial charge in [0.05, 0.1) is 32.8 Å². The molecule has 2 heterocycles. The van der Waals surface area contributed by atoms with Crippen molar-refractivity contribution in [1.82, 2.24) is 10.2 Å². The second-order valence-electron chi connectivity index (χ2n) is 5.70. The Labute approximate surface area is 157 Å². The van der Waals surface area contributed by atoms with Gasteiger partial charge in [0.2, 0.25) is 17.5 Å². The molecule has 1 aliphatic heterocycles. The number of halogens is 3. The summed E-state index contributed by atoms with van der Waals surface area (Å²) in [6, 6.07) is 4.71. The first kappa shape index (κ1) is 19.2. The number of allylic oxidation sites excluding steroid dienone is 1. The van der Waals surface area contributed by atoms with E-state index in [1.165, 1.54) is 33.5 Å². The molecule has 0 bridgehead atoms. The number of nitriles is 1. The molecular formula is C17H15F3N4O4. The van der Waals surface area contributed by atoms with Crippen LogP contribution in [0.15, 0.2) is 23.6 Å². The molecule has 1 aromatic heterocycles. The lowest BCUT2D eigenvalue weighted by Crippen LogP contribution is -2.23. The van der Waals surface area contributed by atoms with Crippen molar-refractivity contribution in [3.8, 4) is 29.2 Å². The quantitative estimate of drug-likeness (QED) is 0.816. The Morgan fingerprint density at radius 1 is 1.18 bits per heavy atom. The molecule has 1 aromatic carbocycles. The monoisotopic (exact) mass is 396 g/mol. The van der Waals surface area contributed by atoms with E-state index in [-0.39, 0.29) is 45.7 Å². The molecule has 3 rings (SSSR count). The van der Waals surface area contributed by atoms with Gasteiger partial charge in [-0.15, -0.1) is 5.10 Å². The van der Waals surface area contributed by atoms with Crippen LogP contribution >= 0.6 is 0 Å². The van der Waals surface area contributed by atoms with E-state index < -0.39 is 17.8 Å². The van der Waals surface area contributed by atoms with E-state index in [9.17, 15) is 18.4 Å². The summed E-state index contributed by atoms with van der Waals surface area (Å²) in [5.41, 5.74) is 4.32. The SMILES string of the molecule is COc1cc([C@H]2C(C#N)=C(N)Oc3n[nH]c(C(F)(F)F)c32)cc(OC)c1OC. The van der Waals surface area contributed by atoms with Gasteiger partial charge in [0.15, 0.2) is 11.5 Å². The molecule has 0 spiro atoms. The minimum atomic E-state index is -4.75. The minimum absolute atomic E-state index is 0.200. The molecule has 0 unspecified atom stereocenters. The predicted molar refractivity (Wildman–Crippen MR) is 89.0 cm³/mol. The predicted octanol–water partition coefficient (Wildman–Crippen LogP) is 2.67. The highest BCUT2D eigenvalue weighted by atomic mass is 19.4. The molecule has 8 nitrogen and oxygen atoms in total. The van der Waals surface area contributed by atoms with Crippen molar-refractivity contribution in [2.75, 3.05) is 21.3 Å². The fraction of sp³-hybridized carbons (Fsp3) is 0.294. The fourth-order valence-electron chi connectivity index (χ4n) is 3.06. The highest BCUT2D eigenvalue weighted by molar-refractivity contribution is 5.61. The molecule has 0 saturated heterocycles. The van der Waals surface area contributed by atoms with Gasteiger partial charge >= 0.3 is 6.18 Å². The van der Waals surface area contributed by atoms with Crippen molar-refractivity contribution in [1.29, 1.82) is 5.26 Å². The van der Waals surface area contributed by atoms with E-state index in [1.807, 2.05) is 11.2 Å². The molecule has 3 N–H and O–H groups in total. The smallest absolute Gasteiger partial charge is 0.433 e. The van der Waals surface area contributed by atoms with E-state index in [1.54, 1.807) is 0 Å². The second kappa shape index (κ2) is 6.88. The average Bonchev–Trinajstić information content (AvgIpc) is 3.09. The first-order chi connectivity index (χ1) is 13.3. The lowest BCUT2D eigenvalue weighted by molar-refractivity contribution is -0.141. The highest BCUT2D eigenvalue weighted by Gasteiger charge is 2.44. The van der Waals surface area contributed by atoms with Gasteiger partial charge in [0.25, 0.3) is 0 Å². The number of nitrogens with zero attached hydrogens (tertiary/aromatic N) is 2. The van der Waals surface area contributed by atoms with Crippen LogP contribution < -0.4 is 24.7 Å². The zero-order chi connectivity index (χ0) is 20.6. The molecule has 11 heteroatoms. The molecule has 28 heavy (non-hydrogen) atoms. The minimum Gasteiger partial charge on any atom is -0.493 e. The number of hydrogen-bond donors (Lipinski definition) is 2. The number of ether oxygens (including phenoxy) is 4. The number of nitrogens with one attached hydrogen (secondary N) is 1. The third-order valence-electron chi connectivity index (χ3n) is 4.24. The van der Waals surface area contributed by atoms with Crippen LogP contribution in [0.3, 0.4) is 0 Å². The van der Waals surface area contributed by atoms with E-state index in [4.69, 9.17) is 24.7 Å². The lowest BCUT2D eigenvalue weighted by atomic mass is 9.83. The van der Waals surface area contributed by atoms with Crippen molar-refractivity contribution >= 4 is 0 Å². The van der Waals surface area contributed by atoms with Gasteiger partial charge in [0, 0.05) is 0 Å². The summed E-state index contributed by atoms with van der Waals surface area (Å²) in [7, 11) is 4.12. The maximum Gasteiger partial charge on any atom is 0.433 e. The van der Waals surface area contributed by atoms with Gasteiger partial charge in [-0.05, 0) is 17.7 Å². The first-order valence-electron chi connectivity index (χ1n) is 7.79. The van der Waals surface area contributed by atoms with E-state index >= 15 is 0 Å². The third kappa shape index (κ3) is 2.92. The number of aromatic nitrogens is 2. The molecular weight excluding hydrogens is 381 g/mol. The number of rotatable bonds is 4. The molecule has 0 saturated carbocycles. The Bertz CT molecular complexity index is 966. The van der Waals surface area contributed by atoms with Crippen LogP contribution in [0.25, 0.3) is 0 Å². The molecule has 1 atom stereocenters. The van der Waals surface area contributed by atoms with Crippen LogP contribution in [-0.2, 0) is 6.18 Å². The molecule has 0 amide bonds. The van der Waals surface area contributed by atoms with Crippen LogP contribution in [0.5, 0.6) is 23.1 Å². The summed E-state index contributed by atoms with van der Waals surface area (Å²) in [4.78, 5) is 0. The Morgan fingerprint density at radius 2 is 1.79 bits per heavy atom. The molecule has 0 aliphatic carbocycles. The maximum atomic E-state index is 13.5. The summed E-state index contributed by atoms with van der Waals surface area (Å²) in [6.45, 7) is 0. The average molecular weight is 396 g/mol. The van der Waals surface area contributed by atoms with Crippen molar-refractivity contribution < 1.29 is 32.1 Å². The summed E-state index contributed by atoms with van der Waals surface area (Å²) in [5.74, 6) is -1.25. The number of hydrogen-bond acceptors (Lipinski definition) is 7. The van der Waals surface area contributed by atoms with Gasteiger partial charge in [-0.3, -0.25) is 5.10 Å². The van der Waals surface area contributed by atoms with E-state index in [0.717, 1.165) is 0 Å². The number of H-pyrrole nitrogens is 1. The zero-order valence-electron chi connectivity index (χ0n) is 15.0. The van der Waals surface area contributed by atoms with E-state index in [0.29, 0.717) is 0 Å². The van der Waals surface area contributed by atoms with Crippen molar-refractivity contribution in [2.45, 2.75) is 12.1 Å². The van der Waals surface area contributed by atoms with Crippen LogP contribution in [0.1, 0.15) is 22.7 Å². The molecule has 1 aliphatic rings. The van der Waals surface area contributed by atoms with Gasteiger partial charge < -0.3 is 24.7 Å². The first-order valence-corrected chi connectivity index (χ1v) is 7.79. The fourth-order valence-corrected chi connectivity index (χ4v) is 3.06. The van der Waals surface area contributed by atoms with Crippen molar-refractivity contribution in [3.63, 3.8) is 0 Å². The Morgan fingerprint density at radius 3 is 2.25 bits per heavy atom. The van der Waals surface area contributed by atoms with Gasteiger partial charge in [-0.25, -0.2) is 0 Å². The number of nitrogens with two attached hydrogens (primary N) is 1. The molecule has 148 valence electrons. The van der Waals surface area contributed by atoms with Gasteiger partial charge in [-0.1, -0.05) is 0 Å². The topological polar surface area (TPSA) is 115 Å². The van der Waals surface area contributed by atoms with Crippen molar-refractivity contribution in [3.05, 3.63) is 40.4 Å². The molecule has 0 fully saturated rings. The third-order valence-corrected chi connectivity index (χ3v) is 4.24. The lowest BCUT2D eigenvalue weighted by Gasteiger charge is -2.25. The van der Waals surface area contributed by atoms with E-state index in [2.05, 4.69) is 5.10 Å². The van der Waals surface area contributed by atoms with Crippen LogP contribution in [0.2, 0.25) is 0 Å². The summed E-state index contributed by atoms with van der Waals surface area (Å²) >= 11 is 0. The largest absolute Gasteiger partial charge is 0.493 e. The molecule has 2 aromatic rings. The number of alkyl halides is 3. The van der Waals surface area contributed by atoms with Crippen LogP contribution in [0.4, 0.5) is 13.2 Å². The van der Waals surface area contributed by atoms with Crippen LogP contribution in [0, 0.1) is 11.3 Å². The van der Waals surface area contributed by atoms with Gasteiger partial charge in [0.1, 0.15) is 17.3 Å². The standard InChI is InChI=1S/C17H15F3N4O4/c1-25-9-4-7(5-10(26-2)13(9)27-3)11-8(6-21)15(22)28-16-12(11)14(23-24-16)17(18,19)20/h4-5,11H,22H2,1-3H3,(H,23,24)/t11-/m0/s1. The number of methoxy groups -OCH3 is 3. The zero-order valence-corrected chi connectivity index (χ0v) is 15.0. The molecule has 0 radical (unpaired) electrons. The van der Waals surface area contributed by atoms with Crippen molar-refractivity contribution in [2.24, 2.45) is 5.73 Å². The number of aromatic amines is 1. The summed E-state index contributed by atoms with van der Waals surface area (Å²) in [6.07, 6.45) is -4.75.